The average Bonchev–Trinajstić information content (AvgIpc) is 2.87. The van der Waals surface area contributed by atoms with Gasteiger partial charge < -0.3 is 5.73 Å². The zero-order valence-corrected chi connectivity index (χ0v) is 12.7. The Morgan fingerprint density at radius 1 is 1.42 bits per heavy atom. The summed E-state index contributed by atoms with van der Waals surface area (Å²) in [7, 11) is 2.24. The molecule has 2 N–H and O–H groups in total. The second-order valence-corrected chi connectivity index (χ2v) is 6.07. The molecule has 106 valence electrons. The van der Waals surface area contributed by atoms with Crippen LogP contribution in [-0.4, -0.2) is 24.5 Å². The molecule has 1 aliphatic carbocycles. The summed E-state index contributed by atoms with van der Waals surface area (Å²) in [6.45, 7) is 3.05. The van der Waals surface area contributed by atoms with E-state index in [4.69, 9.17) is 17.3 Å². The maximum absolute atomic E-state index is 6.13. The fraction of sp³-hybridized carbons (Fsp3) is 0.625. The zero-order valence-electron chi connectivity index (χ0n) is 12.0. The Balaban J connectivity index is 2.17. The summed E-state index contributed by atoms with van der Waals surface area (Å²) in [6.07, 6.45) is 4.96. The van der Waals surface area contributed by atoms with Crippen molar-refractivity contribution in [1.82, 2.24) is 4.90 Å². The van der Waals surface area contributed by atoms with Gasteiger partial charge in [0.05, 0.1) is 0 Å². The van der Waals surface area contributed by atoms with Crippen LogP contribution in [-0.2, 0) is 0 Å². The van der Waals surface area contributed by atoms with E-state index < -0.39 is 0 Å². The molecular weight excluding hydrogens is 256 g/mol. The molecule has 0 heterocycles. The Morgan fingerprint density at radius 2 is 2.21 bits per heavy atom. The van der Waals surface area contributed by atoms with Crippen molar-refractivity contribution in [1.29, 1.82) is 0 Å². The lowest BCUT2D eigenvalue weighted by atomic mass is 9.97. The predicted molar refractivity (Wildman–Crippen MR) is 82.4 cm³/mol. The highest BCUT2D eigenvalue weighted by Crippen LogP contribution is 2.35. The minimum absolute atomic E-state index is 0.441. The first-order chi connectivity index (χ1) is 9.17. The molecule has 0 saturated heterocycles. The van der Waals surface area contributed by atoms with E-state index in [9.17, 15) is 0 Å². The molecule has 0 amide bonds. The van der Waals surface area contributed by atoms with E-state index >= 15 is 0 Å². The Hall–Kier alpha value is -0.570. The van der Waals surface area contributed by atoms with Crippen molar-refractivity contribution in [2.24, 2.45) is 11.7 Å². The summed E-state index contributed by atoms with van der Waals surface area (Å²) in [5, 5.41) is 0.825. The van der Waals surface area contributed by atoms with Crippen LogP contribution >= 0.6 is 11.6 Å². The number of nitrogens with zero attached hydrogens (tertiary/aromatic N) is 1. The van der Waals surface area contributed by atoms with Gasteiger partial charge in [0, 0.05) is 17.1 Å². The molecule has 3 unspecified atom stereocenters. The summed E-state index contributed by atoms with van der Waals surface area (Å²) in [5.74, 6) is 0.651. The molecule has 0 spiro atoms. The van der Waals surface area contributed by atoms with E-state index in [1.807, 2.05) is 12.1 Å². The van der Waals surface area contributed by atoms with Crippen LogP contribution in [0.4, 0.5) is 0 Å². The Morgan fingerprint density at radius 3 is 2.84 bits per heavy atom. The molecule has 0 aliphatic heterocycles. The van der Waals surface area contributed by atoms with Crippen molar-refractivity contribution in [2.45, 2.75) is 44.7 Å². The molecule has 2 nitrogen and oxygen atoms in total. The Labute approximate surface area is 121 Å². The maximum Gasteiger partial charge on any atom is 0.0409 e. The summed E-state index contributed by atoms with van der Waals surface area (Å²) in [4.78, 5) is 2.52. The van der Waals surface area contributed by atoms with Crippen LogP contribution in [0.5, 0.6) is 0 Å². The number of rotatable bonds is 5. The maximum atomic E-state index is 6.13. The largest absolute Gasteiger partial charge is 0.330 e. The van der Waals surface area contributed by atoms with E-state index in [-0.39, 0.29) is 0 Å². The molecule has 2 rings (SSSR count). The van der Waals surface area contributed by atoms with Gasteiger partial charge >= 0.3 is 0 Å². The molecule has 1 aromatic rings. The molecule has 0 bridgehead atoms. The normalized spacial score (nSPS) is 24.9. The average molecular weight is 281 g/mol. The number of hydrogen-bond donors (Lipinski definition) is 1. The third-order valence-corrected chi connectivity index (χ3v) is 4.79. The lowest BCUT2D eigenvalue weighted by molar-refractivity contribution is 0.138. The molecule has 19 heavy (non-hydrogen) atoms. The molecule has 1 aromatic carbocycles. The predicted octanol–water partition coefficient (Wildman–Crippen LogP) is 3.85. The smallest absolute Gasteiger partial charge is 0.0409 e. The van der Waals surface area contributed by atoms with Gasteiger partial charge in [0.25, 0.3) is 0 Å². The summed E-state index contributed by atoms with van der Waals surface area (Å²) in [6, 6.07) is 9.32. The lowest BCUT2D eigenvalue weighted by Gasteiger charge is -2.36. The van der Waals surface area contributed by atoms with E-state index in [0.29, 0.717) is 18.0 Å². The molecule has 0 radical (unpaired) electrons. The summed E-state index contributed by atoms with van der Waals surface area (Å²) < 4.78 is 0. The summed E-state index contributed by atoms with van der Waals surface area (Å²) in [5.41, 5.74) is 7.24. The molecule has 1 aliphatic rings. The number of benzene rings is 1. The zero-order chi connectivity index (χ0) is 13.8. The van der Waals surface area contributed by atoms with Crippen molar-refractivity contribution in [3.05, 3.63) is 34.9 Å². The second kappa shape index (κ2) is 6.74. The molecule has 1 fully saturated rings. The summed E-state index contributed by atoms with van der Waals surface area (Å²) >= 11 is 6.13. The first kappa shape index (κ1) is 14.8. The van der Waals surface area contributed by atoms with Gasteiger partial charge in [-0.05, 0) is 56.5 Å². The highest BCUT2D eigenvalue weighted by Gasteiger charge is 2.32. The van der Waals surface area contributed by atoms with Crippen LogP contribution in [0.3, 0.4) is 0 Å². The van der Waals surface area contributed by atoms with Crippen LogP contribution in [0.15, 0.2) is 24.3 Å². The minimum atomic E-state index is 0.441. The second-order valence-electron chi connectivity index (χ2n) is 5.64. The van der Waals surface area contributed by atoms with Crippen molar-refractivity contribution in [2.75, 3.05) is 13.6 Å². The third-order valence-electron chi connectivity index (χ3n) is 4.56. The van der Waals surface area contributed by atoms with Crippen LogP contribution in [0.1, 0.15) is 44.2 Å². The topological polar surface area (TPSA) is 29.3 Å². The fourth-order valence-electron chi connectivity index (χ4n) is 3.53. The van der Waals surface area contributed by atoms with Crippen LogP contribution in [0.2, 0.25) is 5.02 Å². The van der Waals surface area contributed by atoms with Crippen LogP contribution in [0, 0.1) is 5.92 Å². The van der Waals surface area contributed by atoms with Gasteiger partial charge in [-0.1, -0.05) is 37.1 Å². The molecule has 1 saturated carbocycles. The number of halogens is 1. The van der Waals surface area contributed by atoms with Gasteiger partial charge in [0.1, 0.15) is 0 Å². The molecular formula is C16H25ClN2. The molecule has 0 aromatic heterocycles. The molecule has 3 atom stereocenters. The van der Waals surface area contributed by atoms with Crippen molar-refractivity contribution in [3.8, 4) is 0 Å². The van der Waals surface area contributed by atoms with Crippen molar-refractivity contribution in [3.63, 3.8) is 0 Å². The van der Waals surface area contributed by atoms with Crippen LogP contribution in [0.25, 0.3) is 0 Å². The Kier molecular flexibility index (Phi) is 5.26. The SMILES string of the molecule is CCC(c1cccc(Cl)c1)N(C)C1CCCC1CN. The van der Waals surface area contributed by atoms with Gasteiger partial charge in [-0.3, -0.25) is 4.90 Å². The first-order valence-electron chi connectivity index (χ1n) is 7.34. The fourth-order valence-corrected chi connectivity index (χ4v) is 3.73. The highest BCUT2D eigenvalue weighted by molar-refractivity contribution is 6.30. The molecule has 3 heteroatoms. The standard InChI is InChI=1S/C16H25ClN2/c1-3-15(12-6-4-8-14(17)10-12)19(2)16-9-5-7-13(16)11-18/h4,6,8,10,13,15-16H,3,5,7,9,11,18H2,1-2H3. The third kappa shape index (κ3) is 3.31. The number of hydrogen-bond acceptors (Lipinski definition) is 2. The van der Waals surface area contributed by atoms with Gasteiger partial charge in [-0.25, -0.2) is 0 Å². The highest BCUT2D eigenvalue weighted by atomic mass is 35.5. The number of nitrogens with two attached hydrogens (primary N) is 1. The van der Waals surface area contributed by atoms with E-state index in [2.05, 4.69) is 31.0 Å². The van der Waals surface area contributed by atoms with Crippen LogP contribution < -0.4 is 5.73 Å². The van der Waals surface area contributed by atoms with E-state index in [1.165, 1.54) is 24.8 Å². The quantitative estimate of drug-likeness (QED) is 0.888. The van der Waals surface area contributed by atoms with Gasteiger partial charge in [0.2, 0.25) is 0 Å². The first-order valence-corrected chi connectivity index (χ1v) is 7.72. The van der Waals surface area contributed by atoms with Gasteiger partial charge in [-0.2, -0.15) is 0 Å². The van der Waals surface area contributed by atoms with Gasteiger partial charge in [0.15, 0.2) is 0 Å². The van der Waals surface area contributed by atoms with Crippen molar-refractivity contribution < 1.29 is 0 Å². The minimum Gasteiger partial charge on any atom is -0.330 e. The monoisotopic (exact) mass is 280 g/mol. The van der Waals surface area contributed by atoms with E-state index in [0.717, 1.165) is 18.0 Å². The van der Waals surface area contributed by atoms with Crippen molar-refractivity contribution >= 4 is 11.6 Å². The van der Waals surface area contributed by atoms with E-state index in [1.54, 1.807) is 0 Å². The van der Waals surface area contributed by atoms with Gasteiger partial charge in [-0.15, -0.1) is 0 Å². The Bertz CT molecular complexity index is 407. The lowest BCUT2D eigenvalue weighted by Crippen LogP contribution is -2.39.